The fourth-order valence-corrected chi connectivity index (χ4v) is 2.52. The second kappa shape index (κ2) is 5.31. The number of hydrogen-bond acceptors (Lipinski definition) is 2. The van der Waals surface area contributed by atoms with Crippen molar-refractivity contribution in [3.8, 4) is 5.75 Å². The van der Waals surface area contributed by atoms with E-state index in [1.54, 1.807) is 6.92 Å². The van der Waals surface area contributed by atoms with Crippen molar-refractivity contribution in [2.24, 2.45) is 0 Å². The number of para-hydroxylation sites is 1. The zero-order chi connectivity index (χ0) is 15.8. The molecular formula is C13H13F6NO. The molecule has 1 aliphatic rings. The van der Waals surface area contributed by atoms with Gasteiger partial charge < -0.3 is 9.64 Å². The van der Waals surface area contributed by atoms with E-state index in [0.29, 0.717) is 12.8 Å². The Balaban J connectivity index is 2.55. The molecule has 0 aromatic heterocycles. The number of anilines is 1. The molecule has 0 bridgehead atoms. The molecule has 0 saturated carbocycles. The summed E-state index contributed by atoms with van der Waals surface area (Å²) in [4.78, 5) is 1.32. The molecule has 1 fully saturated rings. The predicted molar refractivity (Wildman–Crippen MR) is 64.2 cm³/mol. The van der Waals surface area contributed by atoms with Crippen molar-refractivity contribution >= 4 is 5.69 Å². The Kier molecular flexibility index (Phi) is 3.99. The molecule has 21 heavy (non-hydrogen) atoms. The summed E-state index contributed by atoms with van der Waals surface area (Å²) in [6.07, 6.45) is -8.54. The summed E-state index contributed by atoms with van der Waals surface area (Å²) >= 11 is 0. The highest BCUT2D eigenvalue weighted by atomic mass is 19.4. The second-order valence-electron chi connectivity index (χ2n) is 4.88. The molecule has 1 aliphatic heterocycles. The van der Waals surface area contributed by atoms with Crippen LogP contribution in [0.4, 0.5) is 32.0 Å². The van der Waals surface area contributed by atoms with Gasteiger partial charge in [0.2, 0.25) is 0 Å². The molecular weight excluding hydrogens is 300 g/mol. The van der Waals surface area contributed by atoms with Crippen molar-refractivity contribution < 1.29 is 31.1 Å². The number of nitrogens with zero attached hydrogens (tertiary/aromatic N) is 1. The maximum Gasteiger partial charge on any atom is 0.573 e. The van der Waals surface area contributed by atoms with Crippen molar-refractivity contribution in [1.82, 2.24) is 0 Å². The average Bonchev–Trinajstić information content (AvgIpc) is 2.71. The van der Waals surface area contributed by atoms with Crippen LogP contribution in [0.15, 0.2) is 18.2 Å². The first kappa shape index (κ1) is 15.8. The number of benzene rings is 1. The molecule has 0 N–H and O–H groups in total. The standard InChI is InChI=1S/C13H13F6NO/c1-8-4-3-7-20(8)11-9(12(14,15)16)5-2-6-10(11)21-13(17,18)19/h2,5-6,8H,3-4,7H2,1H3. The third-order valence-electron chi connectivity index (χ3n) is 3.37. The van der Waals surface area contributed by atoms with E-state index in [-0.39, 0.29) is 12.6 Å². The zero-order valence-electron chi connectivity index (χ0n) is 11.1. The van der Waals surface area contributed by atoms with Crippen molar-refractivity contribution in [3.63, 3.8) is 0 Å². The molecule has 1 aromatic rings. The largest absolute Gasteiger partial charge is 0.573 e. The molecule has 0 radical (unpaired) electrons. The van der Waals surface area contributed by atoms with E-state index in [1.807, 2.05) is 0 Å². The molecule has 2 rings (SSSR count). The van der Waals surface area contributed by atoms with E-state index in [4.69, 9.17) is 0 Å². The highest BCUT2D eigenvalue weighted by molar-refractivity contribution is 5.66. The van der Waals surface area contributed by atoms with Gasteiger partial charge in [0.25, 0.3) is 0 Å². The maximum absolute atomic E-state index is 13.1. The molecule has 1 saturated heterocycles. The number of alkyl halides is 6. The van der Waals surface area contributed by atoms with E-state index in [9.17, 15) is 26.3 Å². The first-order valence-electron chi connectivity index (χ1n) is 6.32. The van der Waals surface area contributed by atoms with Crippen LogP contribution in [0.3, 0.4) is 0 Å². The van der Waals surface area contributed by atoms with E-state index < -0.39 is 29.5 Å². The van der Waals surface area contributed by atoms with Crippen molar-refractivity contribution in [2.75, 3.05) is 11.4 Å². The Bertz CT molecular complexity index is 510. The van der Waals surface area contributed by atoms with Crippen molar-refractivity contribution in [3.05, 3.63) is 23.8 Å². The van der Waals surface area contributed by atoms with E-state index >= 15 is 0 Å². The molecule has 2 nitrogen and oxygen atoms in total. The van der Waals surface area contributed by atoms with Crippen LogP contribution in [0.1, 0.15) is 25.3 Å². The number of rotatable bonds is 2. The lowest BCUT2D eigenvalue weighted by Crippen LogP contribution is -2.30. The van der Waals surface area contributed by atoms with Crippen LogP contribution in [-0.2, 0) is 6.18 Å². The normalized spacial score (nSPS) is 20.0. The molecule has 0 amide bonds. The van der Waals surface area contributed by atoms with Crippen LogP contribution in [0.5, 0.6) is 5.75 Å². The summed E-state index contributed by atoms with van der Waals surface area (Å²) in [6.45, 7) is 1.94. The fourth-order valence-electron chi connectivity index (χ4n) is 2.52. The topological polar surface area (TPSA) is 12.5 Å². The van der Waals surface area contributed by atoms with Gasteiger partial charge in [0.1, 0.15) is 0 Å². The minimum Gasteiger partial charge on any atom is -0.404 e. The second-order valence-corrected chi connectivity index (χ2v) is 4.88. The Hall–Kier alpha value is -1.60. The number of ether oxygens (including phenoxy) is 1. The van der Waals surface area contributed by atoms with Gasteiger partial charge in [0.05, 0.1) is 11.3 Å². The fraction of sp³-hybridized carbons (Fsp3) is 0.538. The summed E-state index contributed by atoms with van der Waals surface area (Å²) < 4.78 is 80.3. The van der Waals surface area contributed by atoms with Gasteiger partial charge in [0.15, 0.2) is 5.75 Å². The van der Waals surface area contributed by atoms with Crippen LogP contribution >= 0.6 is 0 Å². The van der Waals surface area contributed by atoms with Crippen molar-refractivity contribution in [1.29, 1.82) is 0 Å². The van der Waals surface area contributed by atoms with E-state index in [0.717, 1.165) is 18.2 Å². The Labute approximate surface area is 117 Å². The maximum atomic E-state index is 13.1. The quantitative estimate of drug-likeness (QED) is 0.740. The zero-order valence-corrected chi connectivity index (χ0v) is 11.1. The SMILES string of the molecule is CC1CCCN1c1c(OC(F)(F)F)cccc1C(F)(F)F. The van der Waals surface area contributed by atoms with Gasteiger partial charge in [-0.25, -0.2) is 0 Å². The lowest BCUT2D eigenvalue weighted by atomic mass is 10.1. The van der Waals surface area contributed by atoms with Crippen LogP contribution in [-0.4, -0.2) is 18.9 Å². The van der Waals surface area contributed by atoms with E-state index in [1.165, 1.54) is 4.90 Å². The monoisotopic (exact) mass is 313 g/mol. The summed E-state index contributed by atoms with van der Waals surface area (Å²) in [5.74, 6) is -0.814. The Morgan fingerprint density at radius 2 is 1.81 bits per heavy atom. The molecule has 1 unspecified atom stereocenters. The van der Waals surface area contributed by atoms with Crippen LogP contribution in [0.25, 0.3) is 0 Å². The van der Waals surface area contributed by atoms with Gasteiger partial charge in [-0.2, -0.15) is 13.2 Å². The molecule has 1 heterocycles. The Morgan fingerprint density at radius 3 is 2.29 bits per heavy atom. The molecule has 0 aliphatic carbocycles. The summed E-state index contributed by atoms with van der Waals surface area (Å²) in [5.41, 5.74) is -1.65. The van der Waals surface area contributed by atoms with Crippen molar-refractivity contribution in [2.45, 2.75) is 38.3 Å². The Morgan fingerprint density at radius 1 is 1.14 bits per heavy atom. The number of hydrogen-bond donors (Lipinski definition) is 0. The van der Waals surface area contributed by atoms with Gasteiger partial charge in [-0.1, -0.05) is 6.07 Å². The molecule has 118 valence electrons. The third kappa shape index (κ3) is 3.54. The smallest absolute Gasteiger partial charge is 0.404 e. The van der Waals surface area contributed by atoms with Gasteiger partial charge in [0, 0.05) is 12.6 Å². The molecule has 1 atom stereocenters. The minimum atomic E-state index is -5.04. The summed E-state index contributed by atoms with van der Waals surface area (Å²) in [5, 5.41) is 0. The van der Waals surface area contributed by atoms with Gasteiger partial charge in [-0.05, 0) is 31.9 Å². The van der Waals surface area contributed by atoms with E-state index in [2.05, 4.69) is 4.74 Å². The van der Waals surface area contributed by atoms with Crippen LogP contribution in [0.2, 0.25) is 0 Å². The lowest BCUT2D eigenvalue weighted by Gasteiger charge is -2.29. The molecule has 0 spiro atoms. The summed E-state index contributed by atoms with van der Waals surface area (Å²) in [6, 6.07) is 2.31. The van der Waals surface area contributed by atoms with Crippen LogP contribution < -0.4 is 9.64 Å². The lowest BCUT2D eigenvalue weighted by molar-refractivity contribution is -0.274. The van der Waals surface area contributed by atoms with Gasteiger partial charge in [-0.15, -0.1) is 13.2 Å². The molecule has 8 heteroatoms. The first-order valence-corrected chi connectivity index (χ1v) is 6.32. The highest BCUT2D eigenvalue weighted by Crippen LogP contribution is 2.45. The van der Waals surface area contributed by atoms with Gasteiger partial charge in [-0.3, -0.25) is 0 Å². The molecule has 1 aromatic carbocycles. The minimum absolute atomic E-state index is 0.266. The van der Waals surface area contributed by atoms with Crippen LogP contribution in [0, 0.1) is 0 Å². The first-order chi connectivity index (χ1) is 9.59. The number of halogens is 6. The average molecular weight is 313 g/mol. The van der Waals surface area contributed by atoms with Gasteiger partial charge >= 0.3 is 12.5 Å². The highest BCUT2D eigenvalue weighted by Gasteiger charge is 2.41. The third-order valence-corrected chi connectivity index (χ3v) is 3.37. The predicted octanol–water partition coefficient (Wildman–Crippen LogP) is 4.59. The summed E-state index contributed by atoms with van der Waals surface area (Å²) in [7, 11) is 0.